The molecule has 16 heavy (non-hydrogen) atoms. The highest BCUT2D eigenvalue weighted by Crippen LogP contribution is 2.09. The number of rotatable bonds is 5. The molecule has 0 saturated heterocycles. The molecule has 0 aromatic carbocycles. The summed E-state index contributed by atoms with van der Waals surface area (Å²) in [6.07, 6.45) is 2.15. The van der Waals surface area contributed by atoms with Crippen LogP contribution in [0.1, 0.15) is 13.8 Å². The molecule has 1 heterocycles. The molecular formula is C10H14N2O4. The van der Waals surface area contributed by atoms with Gasteiger partial charge in [-0.25, -0.2) is 4.79 Å². The molecule has 2 N–H and O–H groups in total. The van der Waals surface area contributed by atoms with Crippen LogP contribution in [0.4, 0.5) is 0 Å². The van der Waals surface area contributed by atoms with Gasteiger partial charge >= 0.3 is 5.97 Å². The second-order valence-electron chi connectivity index (χ2n) is 3.80. The molecule has 2 amide bonds. The zero-order valence-corrected chi connectivity index (χ0v) is 9.14. The number of carboxylic acid groups (broad SMARTS) is 1. The van der Waals surface area contributed by atoms with E-state index < -0.39 is 23.8 Å². The third kappa shape index (κ3) is 2.66. The van der Waals surface area contributed by atoms with Crippen LogP contribution in [-0.4, -0.2) is 46.4 Å². The number of imide groups is 1. The Bertz CT molecular complexity index is 331. The summed E-state index contributed by atoms with van der Waals surface area (Å²) in [6, 6.07) is -1.07. The number of amides is 2. The Labute approximate surface area is 92.9 Å². The standard InChI is InChI=1S/C10H14N2O4/c1-6(2)11-5-7(10(15)16)12-8(13)3-4-9(12)14/h3-4,6-7,11H,5H2,1-2H3,(H,15,16). The van der Waals surface area contributed by atoms with Crippen LogP contribution in [0.3, 0.4) is 0 Å². The van der Waals surface area contributed by atoms with Gasteiger partial charge in [-0.05, 0) is 0 Å². The first kappa shape index (κ1) is 12.4. The summed E-state index contributed by atoms with van der Waals surface area (Å²) in [6.45, 7) is 3.75. The fourth-order valence-corrected chi connectivity index (χ4v) is 1.36. The van der Waals surface area contributed by atoms with E-state index in [1.165, 1.54) is 0 Å². The van der Waals surface area contributed by atoms with Crippen LogP contribution in [0.5, 0.6) is 0 Å². The van der Waals surface area contributed by atoms with E-state index in [-0.39, 0.29) is 12.6 Å². The van der Waals surface area contributed by atoms with Gasteiger partial charge in [0.05, 0.1) is 0 Å². The Kier molecular flexibility index (Phi) is 3.78. The monoisotopic (exact) mass is 226 g/mol. The number of carbonyl (C=O) groups is 3. The van der Waals surface area contributed by atoms with E-state index >= 15 is 0 Å². The first-order valence-corrected chi connectivity index (χ1v) is 4.95. The van der Waals surface area contributed by atoms with Crippen LogP contribution in [0.2, 0.25) is 0 Å². The largest absolute Gasteiger partial charge is 0.480 e. The molecule has 0 saturated carbocycles. The van der Waals surface area contributed by atoms with Crippen molar-refractivity contribution in [2.24, 2.45) is 0 Å². The first-order chi connectivity index (χ1) is 7.43. The lowest BCUT2D eigenvalue weighted by Crippen LogP contribution is -2.51. The van der Waals surface area contributed by atoms with Gasteiger partial charge in [0.25, 0.3) is 11.8 Å². The van der Waals surface area contributed by atoms with Crippen molar-refractivity contribution < 1.29 is 19.5 Å². The molecule has 1 aliphatic rings. The summed E-state index contributed by atoms with van der Waals surface area (Å²) in [7, 11) is 0. The Morgan fingerprint density at radius 2 is 1.88 bits per heavy atom. The summed E-state index contributed by atoms with van der Waals surface area (Å²) in [5.74, 6) is -2.36. The van der Waals surface area contributed by atoms with Gasteiger partial charge in [0.2, 0.25) is 0 Å². The topological polar surface area (TPSA) is 86.7 Å². The van der Waals surface area contributed by atoms with Crippen LogP contribution in [0.25, 0.3) is 0 Å². The van der Waals surface area contributed by atoms with Gasteiger partial charge in [0, 0.05) is 24.7 Å². The third-order valence-corrected chi connectivity index (χ3v) is 2.16. The molecule has 6 heteroatoms. The van der Waals surface area contributed by atoms with Crippen molar-refractivity contribution in [3.8, 4) is 0 Å². The molecule has 0 aliphatic carbocycles. The minimum Gasteiger partial charge on any atom is -0.480 e. The quantitative estimate of drug-likeness (QED) is 0.609. The lowest BCUT2D eigenvalue weighted by atomic mass is 10.2. The zero-order chi connectivity index (χ0) is 12.3. The molecule has 1 unspecified atom stereocenters. The van der Waals surface area contributed by atoms with Crippen LogP contribution in [-0.2, 0) is 14.4 Å². The van der Waals surface area contributed by atoms with E-state index in [4.69, 9.17) is 5.11 Å². The van der Waals surface area contributed by atoms with Gasteiger partial charge in [-0.1, -0.05) is 13.8 Å². The molecule has 0 aromatic rings. The van der Waals surface area contributed by atoms with Crippen molar-refractivity contribution in [1.82, 2.24) is 10.2 Å². The number of nitrogens with zero attached hydrogens (tertiary/aromatic N) is 1. The zero-order valence-electron chi connectivity index (χ0n) is 9.14. The van der Waals surface area contributed by atoms with E-state index in [0.29, 0.717) is 0 Å². The van der Waals surface area contributed by atoms with Gasteiger partial charge in [0.15, 0.2) is 0 Å². The minimum atomic E-state index is -1.20. The molecule has 0 bridgehead atoms. The molecule has 0 aromatic heterocycles. The van der Waals surface area contributed by atoms with E-state index in [2.05, 4.69) is 5.32 Å². The predicted molar refractivity (Wildman–Crippen MR) is 55.6 cm³/mol. The molecule has 88 valence electrons. The van der Waals surface area contributed by atoms with Crippen molar-refractivity contribution >= 4 is 17.8 Å². The van der Waals surface area contributed by atoms with Crippen molar-refractivity contribution in [2.75, 3.05) is 6.54 Å². The third-order valence-electron chi connectivity index (χ3n) is 2.16. The number of carbonyl (C=O) groups excluding carboxylic acids is 2. The molecule has 6 nitrogen and oxygen atoms in total. The first-order valence-electron chi connectivity index (χ1n) is 4.95. The Hall–Kier alpha value is -1.69. The van der Waals surface area contributed by atoms with Gasteiger partial charge in [-0.15, -0.1) is 0 Å². The smallest absolute Gasteiger partial charge is 0.328 e. The van der Waals surface area contributed by atoms with E-state index in [1.807, 2.05) is 13.8 Å². The molecule has 1 atom stereocenters. The molecule has 0 fully saturated rings. The summed E-state index contributed by atoms with van der Waals surface area (Å²) in [5.41, 5.74) is 0. The van der Waals surface area contributed by atoms with Gasteiger partial charge in [-0.2, -0.15) is 0 Å². The highest BCUT2D eigenvalue weighted by molar-refractivity contribution is 6.14. The molecule has 1 rings (SSSR count). The van der Waals surface area contributed by atoms with Crippen LogP contribution < -0.4 is 5.32 Å². The van der Waals surface area contributed by atoms with Gasteiger partial charge in [0.1, 0.15) is 6.04 Å². The molecule has 0 radical (unpaired) electrons. The maximum atomic E-state index is 11.3. The van der Waals surface area contributed by atoms with E-state index in [9.17, 15) is 14.4 Å². The fourth-order valence-electron chi connectivity index (χ4n) is 1.36. The number of nitrogens with one attached hydrogen (secondary N) is 1. The average molecular weight is 226 g/mol. The number of hydrogen-bond acceptors (Lipinski definition) is 4. The maximum Gasteiger partial charge on any atom is 0.328 e. The van der Waals surface area contributed by atoms with Crippen LogP contribution in [0.15, 0.2) is 12.2 Å². The second-order valence-corrected chi connectivity index (χ2v) is 3.80. The number of aliphatic carboxylic acids is 1. The normalized spacial score (nSPS) is 17.3. The highest BCUT2D eigenvalue weighted by atomic mass is 16.4. The van der Waals surface area contributed by atoms with Gasteiger partial charge < -0.3 is 10.4 Å². The summed E-state index contributed by atoms with van der Waals surface area (Å²) >= 11 is 0. The van der Waals surface area contributed by atoms with Crippen molar-refractivity contribution in [1.29, 1.82) is 0 Å². The van der Waals surface area contributed by atoms with Gasteiger partial charge in [-0.3, -0.25) is 14.5 Å². The number of carboxylic acids is 1. The average Bonchev–Trinajstić information content (AvgIpc) is 2.48. The van der Waals surface area contributed by atoms with E-state index in [0.717, 1.165) is 17.1 Å². The SMILES string of the molecule is CC(C)NCC(C(=O)O)N1C(=O)C=CC1=O. The number of hydrogen-bond donors (Lipinski definition) is 2. The highest BCUT2D eigenvalue weighted by Gasteiger charge is 2.35. The predicted octanol–water partition coefficient (Wildman–Crippen LogP) is -0.637. The Balaban J connectivity index is 2.74. The molecular weight excluding hydrogens is 212 g/mol. The Morgan fingerprint density at radius 3 is 2.25 bits per heavy atom. The lowest BCUT2D eigenvalue weighted by Gasteiger charge is -2.23. The van der Waals surface area contributed by atoms with Crippen LogP contribution in [0, 0.1) is 0 Å². The van der Waals surface area contributed by atoms with E-state index in [1.54, 1.807) is 0 Å². The van der Waals surface area contributed by atoms with Crippen molar-refractivity contribution in [2.45, 2.75) is 25.9 Å². The summed E-state index contributed by atoms with van der Waals surface area (Å²) < 4.78 is 0. The lowest BCUT2D eigenvalue weighted by molar-refractivity contribution is -0.153. The minimum absolute atomic E-state index is 0.0478. The molecule has 1 aliphatic heterocycles. The van der Waals surface area contributed by atoms with Crippen molar-refractivity contribution in [3.63, 3.8) is 0 Å². The van der Waals surface area contributed by atoms with Crippen LogP contribution >= 0.6 is 0 Å². The van der Waals surface area contributed by atoms with Crippen molar-refractivity contribution in [3.05, 3.63) is 12.2 Å². The summed E-state index contributed by atoms with van der Waals surface area (Å²) in [4.78, 5) is 34.3. The Morgan fingerprint density at radius 1 is 1.38 bits per heavy atom. The molecule has 0 spiro atoms. The maximum absolute atomic E-state index is 11.3. The summed E-state index contributed by atoms with van der Waals surface area (Å²) in [5, 5.41) is 11.9. The fraction of sp³-hybridized carbons (Fsp3) is 0.500. The second kappa shape index (κ2) is 4.89.